The summed E-state index contributed by atoms with van der Waals surface area (Å²) in [6, 6.07) is 0. The predicted molar refractivity (Wildman–Crippen MR) is 93.9 cm³/mol. The van der Waals surface area contributed by atoms with Crippen molar-refractivity contribution in [2.75, 3.05) is 0 Å². The number of hydrogen-bond donors (Lipinski definition) is 2. The molecule has 1 aromatic heterocycles. The third-order valence-electron chi connectivity index (χ3n) is 4.42. The molecule has 0 radical (unpaired) electrons. The summed E-state index contributed by atoms with van der Waals surface area (Å²) in [4.78, 5) is 7.06. The molecule has 0 saturated heterocycles. The molecule has 22 heavy (non-hydrogen) atoms. The first-order valence-electron chi connectivity index (χ1n) is 9.52. The lowest BCUT2D eigenvalue weighted by Gasteiger charge is -2.07. The van der Waals surface area contributed by atoms with Crippen LogP contribution in [0, 0.1) is 0 Å². The van der Waals surface area contributed by atoms with Crippen LogP contribution in [0.3, 0.4) is 0 Å². The van der Waals surface area contributed by atoms with Crippen LogP contribution in [0.2, 0.25) is 0 Å². The van der Waals surface area contributed by atoms with Crippen LogP contribution < -0.4 is 0 Å². The summed E-state index contributed by atoms with van der Waals surface area (Å²) >= 11 is 0. The normalized spacial score (nSPS) is 12.6. The van der Waals surface area contributed by atoms with Gasteiger partial charge in [0.15, 0.2) is 0 Å². The predicted octanol–water partition coefficient (Wildman–Crippen LogP) is 5.92. The van der Waals surface area contributed by atoms with Crippen LogP contribution in [0.4, 0.5) is 0 Å². The van der Waals surface area contributed by atoms with Crippen molar-refractivity contribution in [3.8, 4) is 0 Å². The molecule has 0 spiro atoms. The zero-order valence-corrected chi connectivity index (χ0v) is 14.5. The second kappa shape index (κ2) is 13.8. The molecular formula is C19H36N2O. The molecule has 2 N–H and O–H groups in total. The summed E-state index contributed by atoms with van der Waals surface area (Å²) in [6.45, 7) is 2.28. The molecule has 1 heterocycles. The molecule has 1 atom stereocenters. The Morgan fingerprint density at radius 3 is 1.82 bits per heavy atom. The lowest BCUT2D eigenvalue weighted by atomic mass is 10.0. The number of unbranched alkanes of at least 4 members (excludes halogenated alkanes) is 12. The van der Waals surface area contributed by atoms with Gasteiger partial charge in [-0.25, -0.2) is 4.98 Å². The molecule has 3 nitrogen and oxygen atoms in total. The van der Waals surface area contributed by atoms with Crippen molar-refractivity contribution in [1.29, 1.82) is 0 Å². The molecule has 128 valence electrons. The van der Waals surface area contributed by atoms with E-state index < -0.39 is 6.10 Å². The SMILES string of the molecule is CCCCCCCCCCCCCCCC(O)c1ncc[nH]1. The minimum Gasteiger partial charge on any atom is -0.385 e. The van der Waals surface area contributed by atoms with Crippen molar-refractivity contribution in [2.45, 2.75) is 103 Å². The third kappa shape index (κ3) is 9.99. The van der Waals surface area contributed by atoms with Crippen LogP contribution in [0.1, 0.15) is 109 Å². The molecule has 1 aromatic rings. The molecule has 0 aliphatic carbocycles. The Labute approximate surface area is 136 Å². The Bertz CT molecular complexity index is 324. The molecule has 0 amide bonds. The van der Waals surface area contributed by atoms with E-state index in [2.05, 4.69) is 16.9 Å². The maximum atomic E-state index is 9.89. The molecule has 1 rings (SSSR count). The first kappa shape index (κ1) is 19.2. The number of aliphatic hydroxyl groups is 1. The van der Waals surface area contributed by atoms with Gasteiger partial charge in [0.2, 0.25) is 0 Å². The monoisotopic (exact) mass is 308 g/mol. The van der Waals surface area contributed by atoms with Gasteiger partial charge in [0.05, 0.1) is 0 Å². The van der Waals surface area contributed by atoms with E-state index in [4.69, 9.17) is 0 Å². The van der Waals surface area contributed by atoms with Crippen molar-refractivity contribution in [3.63, 3.8) is 0 Å². The largest absolute Gasteiger partial charge is 0.385 e. The van der Waals surface area contributed by atoms with Crippen LogP contribution in [0.5, 0.6) is 0 Å². The summed E-state index contributed by atoms with van der Waals surface area (Å²) < 4.78 is 0. The van der Waals surface area contributed by atoms with E-state index in [0.29, 0.717) is 5.82 Å². The highest BCUT2D eigenvalue weighted by Crippen LogP contribution is 2.17. The molecule has 0 fully saturated rings. The minimum atomic E-state index is -0.414. The molecule has 3 heteroatoms. The van der Waals surface area contributed by atoms with Gasteiger partial charge in [-0.2, -0.15) is 0 Å². The summed E-state index contributed by atoms with van der Waals surface area (Å²) in [7, 11) is 0. The number of rotatable bonds is 15. The Hall–Kier alpha value is -0.830. The summed E-state index contributed by atoms with van der Waals surface area (Å²) in [5.41, 5.74) is 0. The highest BCUT2D eigenvalue weighted by molar-refractivity contribution is 4.91. The first-order valence-corrected chi connectivity index (χ1v) is 9.52. The second-order valence-electron chi connectivity index (χ2n) is 6.52. The van der Waals surface area contributed by atoms with Crippen LogP contribution in [-0.4, -0.2) is 15.1 Å². The van der Waals surface area contributed by atoms with Crippen molar-refractivity contribution in [1.82, 2.24) is 9.97 Å². The van der Waals surface area contributed by atoms with Crippen molar-refractivity contribution < 1.29 is 5.11 Å². The lowest BCUT2D eigenvalue weighted by molar-refractivity contribution is 0.154. The Morgan fingerprint density at radius 2 is 1.36 bits per heavy atom. The van der Waals surface area contributed by atoms with E-state index in [1.165, 1.54) is 77.0 Å². The number of nitrogens with zero attached hydrogens (tertiary/aromatic N) is 1. The standard InChI is InChI=1S/C19H36N2O/c1-2-3-4-5-6-7-8-9-10-11-12-13-14-15-18(22)19-20-16-17-21-19/h16-18,22H,2-15H2,1H3,(H,20,21). The molecule has 0 aliphatic heterocycles. The Balaban J connectivity index is 1.76. The second-order valence-corrected chi connectivity index (χ2v) is 6.52. The van der Waals surface area contributed by atoms with Crippen LogP contribution in [0.15, 0.2) is 12.4 Å². The third-order valence-corrected chi connectivity index (χ3v) is 4.42. The van der Waals surface area contributed by atoms with Gasteiger partial charge in [0, 0.05) is 12.4 Å². The number of H-pyrrole nitrogens is 1. The average molecular weight is 309 g/mol. The van der Waals surface area contributed by atoms with E-state index in [1.807, 2.05) is 0 Å². The van der Waals surface area contributed by atoms with Crippen LogP contribution in [0.25, 0.3) is 0 Å². The summed E-state index contributed by atoms with van der Waals surface area (Å²) in [5, 5.41) is 9.89. The molecule has 0 saturated carbocycles. The van der Waals surface area contributed by atoms with Crippen LogP contribution >= 0.6 is 0 Å². The van der Waals surface area contributed by atoms with E-state index in [1.54, 1.807) is 12.4 Å². The average Bonchev–Trinajstić information content (AvgIpc) is 3.06. The Morgan fingerprint density at radius 1 is 0.864 bits per heavy atom. The topological polar surface area (TPSA) is 48.9 Å². The first-order chi connectivity index (χ1) is 10.8. The van der Waals surface area contributed by atoms with Gasteiger partial charge in [-0.15, -0.1) is 0 Å². The van der Waals surface area contributed by atoms with Gasteiger partial charge >= 0.3 is 0 Å². The number of nitrogens with one attached hydrogen (secondary N) is 1. The molecule has 0 aromatic carbocycles. The lowest BCUT2D eigenvalue weighted by Crippen LogP contribution is -1.99. The quantitative estimate of drug-likeness (QED) is 0.395. The van der Waals surface area contributed by atoms with Gasteiger partial charge in [0.1, 0.15) is 11.9 Å². The minimum absolute atomic E-state index is 0.414. The molecule has 0 aliphatic rings. The highest BCUT2D eigenvalue weighted by Gasteiger charge is 2.08. The van der Waals surface area contributed by atoms with Gasteiger partial charge < -0.3 is 10.1 Å². The van der Waals surface area contributed by atoms with Gasteiger partial charge in [-0.1, -0.05) is 90.4 Å². The van der Waals surface area contributed by atoms with Gasteiger partial charge in [-0.05, 0) is 6.42 Å². The fourth-order valence-corrected chi connectivity index (χ4v) is 2.95. The van der Waals surface area contributed by atoms with E-state index in [-0.39, 0.29) is 0 Å². The van der Waals surface area contributed by atoms with E-state index in [9.17, 15) is 5.11 Å². The maximum Gasteiger partial charge on any atom is 0.134 e. The number of aliphatic hydroxyl groups excluding tert-OH is 1. The Kier molecular flexibility index (Phi) is 12.1. The van der Waals surface area contributed by atoms with Gasteiger partial charge in [0.25, 0.3) is 0 Å². The fourth-order valence-electron chi connectivity index (χ4n) is 2.95. The molecular weight excluding hydrogens is 272 g/mol. The molecule has 1 unspecified atom stereocenters. The van der Waals surface area contributed by atoms with E-state index in [0.717, 1.165) is 12.8 Å². The van der Waals surface area contributed by atoms with Crippen molar-refractivity contribution in [3.05, 3.63) is 18.2 Å². The zero-order chi connectivity index (χ0) is 15.9. The van der Waals surface area contributed by atoms with Gasteiger partial charge in [-0.3, -0.25) is 0 Å². The number of aromatic amines is 1. The maximum absolute atomic E-state index is 9.89. The highest BCUT2D eigenvalue weighted by atomic mass is 16.3. The molecule has 0 bridgehead atoms. The zero-order valence-electron chi connectivity index (χ0n) is 14.5. The van der Waals surface area contributed by atoms with Crippen molar-refractivity contribution in [2.24, 2.45) is 0 Å². The van der Waals surface area contributed by atoms with E-state index >= 15 is 0 Å². The van der Waals surface area contributed by atoms with Crippen molar-refractivity contribution >= 4 is 0 Å². The number of aromatic nitrogens is 2. The number of imidazole rings is 1. The summed E-state index contributed by atoms with van der Waals surface area (Å²) in [5.74, 6) is 0.707. The fraction of sp³-hybridized carbons (Fsp3) is 0.842. The smallest absolute Gasteiger partial charge is 0.134 e. The number of hydrogen-bond acceptors (Lipinski definition) is 2. The summed E-state index contributed by atoms with van der Waals surface area (Å²) in [6.07, 6.45) is 21.6. The van der Waals surface area contributed by atoms with Crippen LogP contribution in [-0.2, 0) is 0 Å².